The van der Waals surface area contributed by atoms with Gasteiger partial charge in [-0.15, -0.1) is 11.6 Å². The van der Waals surface area contributed by atoms with Crippen LogP contribution < -0.4 is 4.74 Å². The van der Waals surface area contributed by atoms with Crippen molar-refractivity contribution in [2.75, 3.05) is 7.11 Å². The molecule has 0 aliphatic heterocycles. The lowest BCUT2D eigenvalue weighted by Crippen LogP contribution is -1.99. The molecule has 0 aliphatic carbocycles. The summed E-state index contributed by atoms with van der Waals surface area (Å²) in [4.78, 5) is 0. The first-order chi connectivity index (χ1) is 9.10. The molecule has 2 aromatic rings. The van der Waals surface area contributed by atoms with Gasteiger partial charge in [0.25, 0.3) is 0 Å². The fraction of sp³-hybridized carbons (Fsp3) is 0.200. The number of hydrogen-bond donors (Lipinski definition) is 0. The van der Waals surface area contributed by atoms with Gasteiger partial charge in [0.2, 0.25) is 0 Å². The maximum Gasteiger partial charge on any atom is 0.131 e. The van der Waals surface area contributed by atoms with Gasteiger partial charge in [-0.1, -0.05) is 18.2 Å². The van der Waals surface area contributed by atoms with Crippen molar-refractivity contribution in [2.24, 2.45) is 0 Å². The summed E-state index contributed by atoms with van der Waals surface area (Å²) in [5.41, 5.74) is 1.27. The third-order valence-electron chi connectivity index (χ3n) is 2.87. The molecule has 0 heterocycles. The molecule has 0 aromatic heterocycles. The Hall–Kier alpha value is -1.61. The van der Waals surface area contributed by atoms with Crippen molar-refractivity contribution < 1.29 is 13.5 Å². The van der Waals surface area contributed by atoms with Gasteiger partial charge in [0.15, 0.2) is 0 Å². The Balaban J connectivity index is 2.15. The Morgan fingerprint density at radius 1 is 1.11 bits per heavy atom. The van der Waals surface area contributed by atoms with Crippen LogP contribution in [0.2, 0.25) is 0 Å². The highest BCUT2D eigenvalue weighted by Gasteiger charge is 2.14. The van der Waals surface area contributed by atoms with Gasteiger partial charge in [0, 0.05) is 11.6 Å². The van der Waals surface area contributed by atoms with E-state index in [1.807, 2.05) is 0 Å². The molecule has 0 aliphatic rings. The quantitative estimate of drug-likeness (QED) is 0.751. The second-order valence-corrected chi connectivity index (χ2v) is 4.71. The molecule has 1 unspecified atom stereocenters. The van der Waals surface area contributed by atoms with E-state index in [9.17, 15) is 8.78 Å². The first kappa shape index (κ1) is 13.8. The van der Waals surface area contributed by atoms with E-state index in [-0.39, 0.29) is 5.82 Å². The molecule has 0 bridgehead atoms. The van der Waals surface area contributed by atoms with Crippen LogP contribution in [0, 0.1) is 11.6 Å². The third-order valence-corrected chi connectivity index (χ3v) is 3.26. The zero-order valence-corrected chi connectivity index (χ0v) is 11.1. The summed E-state index contributed by atoms with van der Waals surface area (Å²) in [6, 6.07) is 10.6. The van der Waals surface area contributed by atoms with Crippen LogP contribution in [0.5, 0.6) is 5.75 Å². The number of hydrogen-bond acceptors (Lipinski definition) is 1. The van der Waals surface area contributed by atoms with E-state index in [4.69, 9.17) is 16.3 Å². The molecular formula is C15H13ClF2O. The second-order valence-electron chi connectivity index (χ2n) is 4.19. The van der Waals surface area contributed by atoms with E-state index in [0.29, 0.717) is 17.7 Å². The highest BCUT2D eigenvalue weighted by molar-refractivity contribution is 6.20. The predicted molar refractivity (Wildman–Crippen MR) is 71.7 cm³/mol. The standard InChI is InChI=1S/C15H13ClF2O/c1-19-12-6-7-13(15(18)9-12)14(16)8-10-2-4-11(17)5-3-10/h2-7,9,14H,8H2,1H3. The minimum atomic E-state index is -0.503. The zero-order chi connectivity index (χ0) is 13.8. The Morgan fingerprint density at radius 3 is 2.37 bits per heavy atom. The van der Waals surface area contributed by atoms with Crippen molar-refractivity contribution >= 4 is 11.6 Å². The van der Waals surface area contributed by atoms with Crippen molar-refractivity contribution in [3.63, 3.8) is 0 Å². The Labute approximate surface area is 115 Å². The normalized spacial score (nSPS) is 12.2. The lowest BCUT2D eigenvalue weighted by molar-refractivity contribution is 0.410. The molecule has 0 spiro atoms. The first-order valence-electron chi connectivity index (χ1n) is 5.82. The second kappa shape index (κ2) is 6.02. The van der Waals surface area contributed by atoms with Crippen molar-refractivity contribution in [3.05, 3.63) is 65.2 Å². The molecule has 0 saturated heterocycles. The van der Waals surface area contributed by atoms with Crippen LogP contribution in [0.25, 0.3) is 0 Å². The van der Waals surface area contributed by atoms with Gasteiger partial charge in [0.05, 0.1) is 12.5 Å². The third kappa shape index (κ3) is 3.44. The van der Waals surface area contributed by atoms with Gasteiger partial charge >= 0.3 is 0 Å². The van der Waals surface area contributed by atoms with Crippen LogP contribution in [0.1, 0.15) is 16.5 Å². The van der Waals surface area contributed by atoms with E-state index < -0.39 is 11.2 Å². The molecule has 2 rings (SSSR count). The number of rotatable bonds is 4. The van der Waals surface area contributed by atoms with Crippen LogP contribution in [-0.2, 0) is 6.42 Å². The molecule has 19 heavy (non-hydrogen) atoms. The number of alkyl halides is 1. The lowest BCUT2D eigenvalue weighted by Gasteiger charge is -2.12. The van der Waals surface area contributed by atoms with E-state index in [1.54, 1.807) is 24.3 Å². The molecule has 0 amide bonds. The molecule has 0 N–H and O–H groups in total. The summed E-state index contributed by atoms with van der Waals surface area (Å²) in [5.74, 6) is -0.251. The number of methoxy groups -OCH3 is 1. The van der Waals surface area contributed by atoms with Crippen LogP contribution >= 0.6 is 11.6 Å². The highest BCUT2D eigenvalue weighted by Crippen LogP contribution is 2.29. The first-order valence-corrected chi connectivity index (χ1v) is 6.25. The van der Waals surface area contributed by atoms with Gasteiger partial charge in [-0.2, -0.15) is 0 Å². The van der Waals surface area contributed by atoms with Crippen molar-refractivity contribution in [1.82, 2.24) is 0 Å². The molecule has 100 valence electrons. The summed E-state index contributed by atoms with van der Waals surface area (Å²) in [6.45, 7) is 0. The minimum absolute atomic E-state index is 0.300. The molecule has 4 heteroatoms. The molecular weight excluding hydrogens is 270 g/mol. The maximum atomic E-state index is 13.8. The highest BCUT2D eigenvalue weighted by atomic mass is 35.5. The van der Waals surface area contributed by atoms with E-state index >= 15 is 0 Å². The van der Waals surface area contributed by atoms with E-state index in [2.05, 4.69) is 0 Å². The largest absolute Gasteiger partial charge is 0.497 e. The summed E-state index contributed by atoms with van der Waals surface area (Å²) in [7, 11) is 1.48. The summed E-state index contributed by atoms with van der Waals surface area (Å²) in [5, 5.41) is -0.503. The minimum Gasteiger partial charge on any atom is -0.497 e. The summed E-state index contributed by atoms with van der Waals surface area (Å²) < 4.78 is 31.6. The predicted octanol–water partition coefficient (Wildman–Crippen LogP) is 4.50. The fourth-order valence-corrected chi connectivity index (χ4v) is 2.18. The SMILES string of the molecule is COc1ccc(C(Cl)Cc2ccc(F)cc2)c(F)c1. The average molecular weight is 283 g/mol. The van der Waals surface area contributed by atoms with Crippen molar-refractivity contribution in [3.8, 4) is 5.75 Å². The Bertz CT molecular complexity index is 555. The molecule has 0 radical (unpaired) electrons. The van der Waals surface area contributed by atoms with Gasteiger partial charge in [-0.05, 0) is 30.2 Å². The summed E-state index contributed by atoms with van der Waals surface area (Å²) in [6.07, 6.45) is 0.436. The smallest absolute Gasteiger partial charge is 0.131 e. The van der Waals surface area contributed by atoms with Crippen molar-refractivity contribution in [1.29, 1.82) is 0 Å². The number of ether oxygens (including phenoxy) is 1. The van der Waals surface area contributed by atoms with E-state index in [1.165, 1.54) is 25.3 Å². The van der Waals surface area contributed by atoms with Crippen molar-refractivity contribution in [2.45, 2.75) is 11.8 Å². The lowest BCUT2D eigenvalue weighted by atomic mass is 10.0. The molecule has 0 fully saturated rings. The topological polar surface area (TPSA) is 9.23 Å². The zero-order valence-electron chi connectivity index (χ0n) is 10.4. The van der Waals surface area contributed by atoms with Gasteiger partial charge in [-0.3, -0.25) is 0 Å². The van der Waals surface area contributed by atoms with Crippen LogP contribution in [-0.4, -0.2) is 7.11 Å². The molecule has 2 aromatic carbocycles. The van der Waals surface area contributed by atoms with Crippen LogP contribution in [0.4, 0.5) is 8.78 Å². The maximum absolute atomic E-state index is 13.8. The Kier molecular flexibility index (Phi) is 4.38. The number of halogens is 3. The Morgan fingerprint density at radius 2 is 1.79 bits per heavy atom. The summed E-state index contributed by atoms with van der Waals surface area (Å²) >= 11 is 6.21. The molecule has 0 saturated carbocycles. The number of benzene rings is 2. The van der Waals surface area contributed by atoms with Gasteiger partial charge in [-0.25, -0.2) is 8.78 Å². The molecule has 1 nitrogen and oxygen atoms in total. The molecule has 1 atom stereocenters. The van der Waals surface area contributed by atoms with E-state index in [0.717, 1.165) is 5.56 Å². The fourth-order valence-electron chi connectivity index (χ4n) is 1.83. The van der Waals surface area contributed by atoms with Gasteiger partial charge in [0.1, 0.15) is 17.4 Å². The monoisotopic (exact) mass is 282 g/mol. The van der Waals surface area contributed by atoms with Gasteiger partial charge < -0.3 is 4.74 Å². The van der Waals surface area contributed by atoms with Crippen LogP contribution in [0.15, 0.2) is 42.5 Å². The van der Waals surface area contributed by atoms with Crippen LogP contribution in [0.3, 0.4) is 0 Å². The average Bonchev–Trinajstić information content (AvgIpc) is 2.41.